The van der Waals surface area contributed by atoms with Crippen LogP contribution in [0.3, 0.4) is 0 Å². The number of rotatable bonds is 4. The second kappa shape index (κ2) is 7.92. The van der Waals surface area contributed by atoms with Crippen LogP contribution in [0.25, 0.3) is 10.9 Å². The highest BCUT2D eigenvalue weighted by Crippen LogP contribution is 2.39. The maximum atomic E-state index is 12.9. The van der Waals surface area contributed by atoms with Crippen molar-refractivity contribution in [2.45, 2.75) is 6.18 Å². The van der Waals surface area contributed by atoms with E-state index in [-0.39, 0.29) is 5.75 Å². The lowest BCUT2D eigenvalue weighted by Crippen LogP contribution is -2.18. The first-order chi connectivity index (χ1) is 15.5. The first kappa shape index (κ1) is 19.9. The molecule has 1 aliphatic rings. The number of nitrogens with zero attached hydrogens (tertiary/aromatic N) is 2. The molecule has 9 heteroatoms. The summed E-state index contributed by atoms with van der Waals surface area (Å²) in [6, 6.07) is 15.4. The van der Waals surface area contributed by atoms with Crippen molar-refractivity contribution in [3.05, 3.63) is 72.6 Å². The summed E-state index contributed by atoms with van der Waals surface area (Å²) >= 11 is 0. The third-order valence-corrected chi connectivity index (χ3v) is 4.93. The van der Waals surface area contributed by atoms with Gasteiger partial charge in [-0.1, -0.05) is 6.07 Å². The molecule has 1 aromatic heterocycles. The lowest BCUT2D eigenvalue weighted by atomic mass is 10.1. The van der Waals surface area contributed by atoms with E-state index in [0.29, 0.717) is 23.9 Å². The second-order valence-corrected chi connectivity index (χ2v) is 7.11. The van der Waals surface area contributed by atoms with Crippen molar-refractivity contribution in [1.29, 1.82) is 0 Å². The number of benzene rings is 3. The van der Waals surface area contributed by atoms with Gasteiger partial charge in [-0.2, -0.15) is 13.2 Å². The molecule has 162 valence electrons. The van der Waals surface area contributed by atoms with Gasteiger partial charge in [-0.3, -0.25) is 0 Å². The Morgan fingerprint density at radius 1 is 0.969 bits per heavy atom. The fourth-order valence-corrected chi connectivity index (χ4v) is 3.46. The highest BCUT2D eigenvalue weighted by molar-refractivity contribution is 5.99. The number of hydrogen-bond acceptors (Lipinski definition) is 6. The van der Waals surface area contributed by atoms with E-state index in [0.717, 1.165) is 41.0 Å². The summed E-state index contributed by atoms with van der Waals surface area (Å²) in [5.41, 5.74) is 1.59. The van der Waals surface area contributed by atoms with Gasteiger partial charge in [0.1, 0.15) is 30.3 Å². The molecular formula is C23H17F3N4O2. The van der Waals surface area contributed by atoms with E-state index in [9.17, 15) is 13.2 Å². The van der Waals surface area contributed by atoms with Crippen LogP contribution in [0.15, 0.2) is 67.0 Å². The maximum Gasteiger partial charge on any atom is 0.416 e. The van der Waals surface area contributed by atoms with Gasteiger partial charge in [0.15, 0.2) is 5.75 Å². The van der Waals surface area contributed by atoms with E-state index in [2.05, 4.69) is 20.6 Å². The van der Waals surface area contributed by atoms with Crippen molar-refractivity contribution in [1.82, 2.24) is 9.97 Å². The number of alkyl halides is 3. The minimum absolute atomic E-state index is 0.110. The van der Waals surface area contributed by atoms with E-state index < -0.39 is 11.7 Å². The van der Waals surface area contributed by atoms with Gasteiger partial charge in [-0.25, -0.2) is 9.97 Å². The Hall–Kier alpha value is -4.01. The van der Waals surface area contributed by atoms with Crippen LogP contribution >= 0.6 is 0 Å². The Morgan fingerprint density at radius 3 is 2.62 bits per heavy atom. The van der Waals surface area contributed by atoms with E-state index >= 15 is 0 Å². The normalized spacial score (nSPS) is 13.1. The molecule has 2 heterocycles. The molecule has 0 saturated carbocycles. The van der Waals surface area contributed by atoms with Crippen LogP contribution in [-0.2, 0) is 6.18 Å². The van der Waals surface area contributed by atoms with E-state index in [1.807, 2.05) is 12.1 Å². The van der Waals surface area contributed by atoms with Crippen LogP contribution in [0.4, 0.5) is 30.4 Å². The Morgan fingerprint density at radius 2 is 1.81 bits per heavy atom. The van der Waals surface area contributed by atoms with Gasteiger partial charge in [0.05, 0.1) is 22.2 Å². The highest BCUT2D eigenvalue weighted by Gasteiger charge is 2.30. The standard InChI is InChI=1S/C23H17F3N4O2/c24-23(25,26)14-2-1-3-17(12-14)32-16-6-4-15(5-7-16)30-22-20-18(28-13-29-22)8-9-19-21(20)31-11-10-27-19/h1-9,12-13,27H,10-11H2,(H,28,29,30). The first-order valence-corrected chi connectivity index (χ1v) is 9.84. The van der Waals surface area contributed by atoms with Crippen molar-refractivity contribution >= 4 is 28.1 Å². The molecule has 1 aliphatic heterocycles. The smallest absolute Gasteiger partial charge is 0.416 e. The molecule has 3 aromatic carbocycles. The summed E-state index contributed by atoms with van der Waals surface area (Å²) in [6.07, 6.45) is -2.95. The fraction of sp³-hybridized carbons (Fsp3) is 0.130. The predicted octanol–water partition coefficient (Wildman–Crippen LogP) is 5.99. The van der Waals surface area contributed by atoms with Crippen molar-refractivity contribution < 1.29 is 22.6 Å². The molecule has 0 amide bonds. The number of halogens is 3. The molecule has 0 atom stereocenters. The predicted molar refractivity (Wildman–Crippen MR) is 115 cm³/mol. The van der Waals surface area contributed by atoms with Crippen LogP contribution < -0.4 is 20.1 Å². The van der Waals surface area contributed by atoms with Crippen molar-refractivity contribution in [2.75, 3.05) is 23.8 Å². The van der Waals surface area contributed by atoms with Crippen LogP contribution in [0.2, 0.25) is 0 Å². The molecule has 4 aromatic rings. The molecule has 32 heavy (non-hydrogen) atoms. The van der Waals surface area contributed by atoms with E-state index in [4.69, 9.17) is 9.47 Å². The minimum atomic E-state index is -4.42. The molecule has 0 saturated heterocycles. The van der Waals surface area contributed by atoms with Gasteiger partial charge in [-0.15, -0.1) is 0 Å². The van der Waals surface area contributed by atoms with Gasteiger partial charge >= 0.3 is 6.18 Å². The summed E-state index contributed by atoms with van der Waals surface area (Å²) in [6.45, 7) is 1.27. The second-order valence-electron chi connectivity index (χ2n) is 7.11. The number of hydrogen-bond donors (Lipinski definition) is 2. The largest absolute Gasteiger partial charge is 0.489 e. The maximum absolute atomic E-state index is 12.9. The third-order valence-electron chi connectivity index (χ3n) is 4.93. The van der Waals surface area contributed by atoms with Crippen LogP contribution in [-0.4, -0.2) is 23.1 Å². The summed E-state index contributed by atoms with van der Waals surface area (Å²) in [5, 5.41) is 7.31. The highest BCUT2D eigenvalue weighted by atomic mass is 19.4. The molecule has 0 radical (unpaired) electrons. The number of nitrogens with one attached hydrogen (secondary N) is 2. The quantitative estimate of drug-likeness (QED) is 0.408. The zero-order valence-corrected chi connectivity index (χ0v) is 16.6. The van der Waals surface area contributed by atoms with E-state index in [1.54, 1.807) is 24.3 Å². The Labute approximate surface area is 181 Å². The van der Waals surface area contributed by atoms with Crippen molar-refractivity contribution in [3.63, 3.8) is 0 Å². The Kier molecular flexibility index (Phi) is 4.93. The summed E-state index contributed by atoms with van der Waals surface area (Å²) in [7, 11) is 0. The molecule has 0 bridgehead atoms. The molecule has 0 aliphatic carbocycles. The molecule has 6 nitrogen and oxygen atoms in total. The van der Waals surface area contributed by atoms with Gasteiger partial charge < -0.3 is 20.1 Å². The summed E-state index contributed by atoms with van der Waals surface area (Å²) < 4.78 is 50.1. The summed E-state index contributed by atoms with van der Waals surface area (Å²) in [4.78, 5) is 8.68. The fourth-order valence-electron chi connectivity index (χ4n) is 3.46. The molecular weight excluding hydrogens is 421 g/mol. The van der Waals surface area contributed by atoms with Crippen LogP contribution in [0.5, 0.6) is 17.2 Å². The topological polar surface area (TPSA) is 68.3 Å². The number of anilines is 3. The van der Waals surface area contributed by atoms with Gasteiger partial charge in [0.25, 0.3) is 0 Å². The molecule has 0 unspecified atom stereocenters. The Bertz CT molecular complexity index is 1280. The molecule has 0 fully saturated rings. The number of aromatic nitrogens is 2. The van der Waals surface area contributed by atoms with Crippen molar-refractivity contribution in [3.8, 4) is 17.2 Å². The molecule has 5 rings (SSSR count). The SMILES string of the molecule is FC(F)(F)c1cccc(Oc2ccc(Nc3ncnc4ccc5c(c34)OCCN5)cc2)c1. The van der Waals surface area contributed by atoms with E-state index in [1.165, 1.54) is 18.5 Å². The Balaban J connectivity index is 1.38. The average molecular weight is 438 g/mol. The van der Waals surface area contributed by atoms with Crippen LogP contribution in [0, 0.1) is 0 Å². The van der Waals surface area contributed by atoms with Gasteiger partial charge in [0.2, 0.25) is 0 Å². The zero-order chi connectivity index (χ0) is 22.1. The molecule has 0 spiro atoms. The monoisotopic (exact) mass is 438 g/mol. The third kappa shape index (κ3) is 3.96. The first-order valence-electron chi connectivity index (χ1n) is 9.84. The average Bonchev–Trinajstić information content (AvgIpc) is 2.80. The number of fused-ring (bicyclic) bond motifs is 3. The number of ether oxygens (including phenoxy) is 2. The minimum Gasteiger partial charge on any atom is -0.489 e. The lowest BCUT2D eigenvalue weighted by molar-refractivity contribution is -0.137. The van der Waals surface area contributed by atoms with Gasteiger partial charge in [-0.05, 0) is 54.6 Å². The van der Waals surface area contributed by atoms with Gasteiger partial charge in [0, 0.05) is 12.2 Å². The zero-order valence-electron chi connectivity index (χ0n) is 16.6. The summed E-state index contributed by atoms with van der Waals surface area (Å²) in [5.74, 6) is 1.80. The molecule has 2 N–H and O–H groups in total. The lowest BCUT2D eigenvalue weighted by Gasteiger charge is -2.21. The van der Waals surface area contributed by atoms with Crippen LogP contribution in [0.1, 0.15) is 5.56 Å². The van der Waals surface area contributed by atoms with Crippen molar-refractivity contribution in [2.24, 2.45) is 0 Å².